The van der Waals surface area contributed by atoms with Gasteiger partial charge >= 0.3 is 5.97 Å². The molecule has 0 aliphatic rings. The summed E-state index contributed by atoms with van der Waals surface area (Å²) >= 11 is 0. The van der Waals surface area contributed by atoms with Crippen LogP contribution >= 0.6 is 0 Å². The van der Waals surface area contributed by atoms with Gasteiger partial charge in [-0.05, 0) is 43.2 Å². The van der Waals surface area contributed by atoms with E-state index in [2.05, 4.69) is 10.3 Å². The molecule has 1 amide bonds. The van der Waals surface area contributed by atoms with Crippen molar-refractivity contribution < 1.29 is 14.7 Å². The molecule has 0 radical (unpaired) electrons. The van der Waals surface area contributed by atoms with Gasteiger partial charge in [0.2, 0.25) is 0 Å². The lowest BCUT2D eigenvalue weighted by molar-refractivity contribution is 0.0690. The number of aryl methyl sites for hydroxylation is 1. The van der Waals surface area contributed by atoms with Gasteiger partial charge in [-0.3, -0.25) is 4.79 Å². The number of carboxylic acid groups (broad SMARTS) is 1. The summed E-state index contributed by atoms with van der Waals surface area (Å²) in [5.41, 5.74) is 2.65. The van der Waals surface area contributed by atoms with Gasteiger partial charge in [0.1, 0.15) is 11.4 Å². The summed E-state index contributed by atoms with van der Waals surface area (Å²) in [5, 5.41) is 11.6. The maximum absolute atomic E-state index is 12.1. The second-order valence-corrected chi connectivity index (χ2v) is 4.41. The van der Waals surface area contributed by atoms with Crippen LogP contribution in [0.2, 0.25) is 0 Å². The number of hydrogen-bond donors (Lipinski definition) is 2. The minimum absolute atomic E-state index is 0.0748. The lowest BCUT2D eigenvalue weighted by Crippen LogP contribution is -2.16. The van der Waals surface area contributed by atoms with Gasteiger partial charge in [-0.2, -0.15) is 0 Å². The zero-order chi connectivity index (χ0) is 14.7. The molecule has 2 N–H and O–H groups in total. The minimum Gasteiger partial charge on any atom is -0.477 e. The van der Waals surface area contributed by atoms with E-state index in [0.717, 1.165) is 11.1 Å². The van der Waals surface area contributed by atoms with Crippen molar-refractivity contribution in [1.82, 2.24) is 4.98 Å². The van der Waals surface area contributed by atoms with E-state index in [9.17, 15) is 9.59 Å². The van der Waals surface area contributed by atoms with Crippen LogP contribution in [0.5, 0.6) is 0 Å². The molecule has 0 aliphatic carbocycles. The summed E-state index contributed by atoms with van der Waals surface area (Å²) in [6, 6.07) is 9.91. The first kappa shape index (κ1) is 13.7. The van der Waals surface area contributed by atoms with E-state index in [-0.39, 0.29) is 11.4 Å². The van der Waals surface area contributed by atoms with Crippen LogP contribution in [0.3, 0.4) is 0 Å². The second kappa shape index (κ2) is 5.52. The highest BCUT2D eigenvalue weighted by Gasteiger charge is 2.12. The van der Waals surface area contributed by atoms with E-state index >= 15 is 0 Å². The van der Waals surface area contributed by atoms with Crippen molar-refractivity contribution in [3.05, 3.63) is 58.9 Å². The maximum Gasteiger partial charge on any atom is 0.354 e. The molecule has 0 fully saturated rings. The molecule has 1 aromatic heterocycles. The number of hydrogen-bond acceptors (Lipinski definition) is 3. The molecule has 20 heavy (non-hydrogen) atoms. The molecule has 2 rings (SSSR count). The van der Waals surface area contributed by atoms with Gasteiger partial charge in [-0.25, -0.2) is 9.78 Å². The Bertz CT molecular complexity index is 681. The summed E-state index contributed by atoms with van der Waals surface area (Å²) in [6.45, 7) is 3.86. The number of aromatic nitrogens is 1. The topological polar surface area (TPSA) is 79.3 Å². The number of carboxylic acids is 1. The molecule has 0 saturated carbocycles. The van der Waals surface area contributed by atoms with Crippen molar-refractivity contribution in [2.24, 2.45) is 0 Å². The average molecular weight is 270 g/mol. The molecule has 2 aromatic rings. The first-order valence-electron chi connectivity index (χ1n) is 6.07. The molecular formula is C15H14N2O3. The van der Waals surface area contributed by atoms with E-state index in [0.29, 0.717) is 5.69 Å². The highest BCUT2D eigenvalue weighted by Crippen LogP contribution is 2.18. The Hall–Kier alpha value is -2.69. The van der Waals surface area contributed by atoms with Crippen LogP contribution in [0.1, 0.15) is 32.1 Å². The molecule has 0 unspecified atom stereocenters. The zero-order valence-corrected chi connectivity index (χ0v) is 11.2. The molecule has 1 heterocycles. The lowest BCUT2D eigenvalue weighted by Gasteiger charge is -2.10. The van der Waals surface area contributed by atoms with E-state index in [4.69, 9.17) is 5.11 Å². The molecule has 0 spiro atoms. The van der Waals surface area contributed by atoms with Crippen molar-refractivity contribution in [3.8, 4) is 0 Å². The Kier molecular flexibility index (Phi) is 3.79. The molecule has 0 atom stereocenters. The largest absolute Gasteiger partial charge is 0.477 e. The Balaban J connectivity index is 2.26. The van der Waals surface area contributed by atoms with Crippen LogP contribution in [-0.4, -0.2) is 22.0 Å². The Morgan fingerprint density at radius 2 is 1.70 bits per heavy atom. The van der Waals surface area contributed by atoms with Crippen LogP contribution in [0.4, 0.5) is 5.69 Å². The molecule has 0 bridgehead atoms. The van der Waals surface area contributed by atoms with Gasteiger partial charge in [0.15, 0.2) is 0 Å². The number of nitrogens with zero attached hydrogens (tertiary/aromatic N) is 1. The standard InChI is InChI=1S/C15H14N2O3/c1-9-5-3-6-11(10(9)2)17-14(18)12-7-4-8-13(16-12)15(19)20/h3-8H,1-2H3,(H,17,18)(H,19,20). The van der Waals surface area contributed by atoms with Crippen molar-refractivity contribution in [3.63, 3.8) is 0 Å². The van der Waals surface area contributed by atoms with Crippen molar-refractivity contribution in [2.75, 3.05) is 5.32 Å². The number of carbonyl (C=O) groups excluding carboxylic acids is 1. The molecular weight excluding hydrogens is 256 g/mol. The summed E-state index contributed by atoms with van der Waals surface area (Å²) in [4.78, 5) is 26.7. The molecule has 5 heteroatoms. The van der Waals surface area contributed by atoms with E-state index in [1.807, 2.05) is 26.0 Å². The third-order valence-corrected chi connectivity index (χ3v) is 3.05. The SMILES string of the molecule is Cc1cccc(NC(=O)c2cccc(C(=O)O)n2)c1C. The lowest BCUT2D eigenvalue weighted by atomic mass is 10.1. The van der Waals surface area contributed by atoms with Crippen molar-refractivity contribution >= 4 is 17.6 Å². The van der Waals surface area contributed by atoms with Crippen LogP contribution in [0.25, 0.3) is 0 Å². The van der Waals surface area contributed by atoms with Gasteiger partial charge < -0.3 is 10.4 Å². The normalized spacial score (nSPS) is 10.1. The minimum atomic E-state index is -1.16. The molecule has 0 aliphatic heterocycles. The van der Waals surface area contributed by atoms with Gasteiger partial charge in [0.25, 0.3) is 5.91 Å². The Morgan fingerprint density at radius 1 is 1.05 bits per heavy atom. The van der Waals surface area contributed by atoms with Crippen molar-refractivity contribution in [1.29, 1.82) is 0 Å². The smallest absolute Gasteiger partial charge is 0.354 e. The fourth-order valence-electron chi connectivity index (χ4n) is 1.75. The van der Waals surface area contributed by atoms with Crippen LogP contribution in [-0.2, 0) is 0 Å². The van der Waals surface area contributed by atoms with E-state index < -0.39 is 11.9 Å². The number of rotatable bonds is 3. The van der Waals surface area contributed by atoms with Crippen molar-refractivity contribution in [2.45, 2.75) is 13.8 Å². The van der Waals surface area contributed by atoms with Gasteiger partial charge in [-0.1, -0.05) is 18.2 Å². The molecule has 5 nitrogen and oxygen atoms in total. The van der Waals surface area contributed by atoms with E-state index in [1.54, 1.807) is 6.07 Å². The number of anilines is 1. The van der Waals surface area contributed by atoms with Gasteiger partial charge in [0, 0.05) is 5.69 Å². The van der Waals surface area contributed by atoms with Crippen LogP contribution < -0.4 is 5.32 Å². The number of amides is 1. The molecule has 0 saturated heterocycles. The van der Waals surface area contributed by atoms with E-state index in [1.165, 1.54) is 18.2 Å². The Morgan fingerprint density at radius 3 is 2.40 bits per heavy atom. The predicted octanol–water partition coefficient (Wildman–Crippen LogP) is 2.65. The fraction of sp³-hybridized carbons (Fsp3) is 0.133. The third kappa shape index (κ3) is 2.83. The summed E-state index contributed by atoms with van der Waals surface area (Å²) < 4.78 is 0. The third-order valence-electron chi connectivity index (χ3n) is 3.05. The summed E-state index contributed by atoms with van der Waals surface area (Å²) in [5.74, 6) is -1.59. The quantitative estimate of drug-likeness (QED) is 0.898. The van der Waals surface area contributed by atoms with Gasteiger partial charge in [-0.15, -0.1) is 0 Å². The highest BCUT2D eigenvalue weighted by atomic mass is 16.4. The Labute approximate surface area is 116 Å². The van der Waals surface area contributed by atoms with Crippen LogP contribution in [0.15, 0.2) is 36.4 Å². The zero-order valence-electron chi connectivity index (χ0n) is 11.2. The highest BCUT2D eigenvalue weighted by molar-refractivity contribution is 6.03. The first-order chi connectivity index (χ1) is 9.49. The average Bonchev–Trinajstić information content (AvgIpc) is 2.44. The number of nitrogens with one attached hydrogen (secondary N) is 1. The molecule has 102 valence electrons. The number of carbonyl (C=O) groups is 2. The number of benzene rings is 1. The summed E-state index contributed by atoms with van der Waals surface area (Å²) in [7, 11) is 0. The number of pyridine rings is 1. The van der Waals surface area contributed by atoms with Crippen LogP contribution in [0, 0.1) is 13.8 Å². The monoisotopic (exact) mass is 270 g/mol. The summed E-state index contributed by atoms with van der Waals surface area (Å²) in [6.07, 6.45) is 0. The first-order valence-corrected chi connectivity index (χ1v) is 6.07. The second-order valence-electron chi connectivity index (χ2n) is 4.41. The molecule has 1 aromatic carbocycles. The predicted molar refractivity (Wildman–Crippen MR) is 75.1 cm³/mol. The number of aromatic carboxylic acids is 1. The maximum atomic E-state index is 12.1. The van der Waals surface area contributed by atoms with Gasteiger partial charge in [0.05, 0.1) is 0 Å². The fourth-order valence-corrected chi connectivity index (χ4v) is 1.75.